The van der Waals surface area contributed by atoms with Crippen LogP contribution in [0.5, 0.6) is 5.75 Å². The summed E-state index contributed by atoms with van der Waals surface area (Å²) in [5, 5.41) is 7.01. The fraction of sp³-hybridized carbons (Fsp3) is 0.273. The highest BCUT2D eigenvalue weighted by Crippen LogP contribution is 2.36. The van der Waals surface area contributed by atoms with Gasteiger partial charge in [0.1, 0.15) is 23.5 Å². The van der Waals surface area contributed by atoms with E-state index in [2.05, 4.69) is 56.7 Å². The molecule has 0 atom stereocenters. The number of hydrogen-bond acceptors (Lipinski definition) is 4. The number of hydrogen-bond donors (Lipinski definition) is 2. The van der Waals surface area contributed by atoms with Gasteiger partial charge in [0, 0.05) is 17.8 Å². The van der Waals surface area contributed by atoms with Gasteiger partial charge >= 0.3 is 0 Å². The quantitative estimate of drug-likeness (QED) is 0.534. The SMILES string of the molecule is c1nc(NC2CC2)c2c(-c3ccc4cc(OC5CC5)ccc4c3)c[nH]c2n1. The average Bonchev–Trinajstić information content (AvgIpc) is 3.62. The maximum atomic E-state index is 5.92. The lowest BCUT2D eigenvalue weighted by atomic mass is 10.0. The van der Waals surface area contributed by atoms with Crippen molar-refractivity contribution in [3.63, 3.8) is 0 Å². The number of rotatable bonds is 5. The topological polar surface area (TPSA) is 62.8 Å². The first-order valence-corrected chi connectivity index (χ1v) is 9.63. The normalized spacial score (nSPS) is 16.7. The van der Waals surface area contributed by atoms with Crippen molar-refractivity contribution in [2.24, 2.45) is 0 Å². The van der Waals surface area contributed by atoms with Crippen LogP contribution in [0.4, 0.5) is 5.82 Å². The van der Waals surface area contributed by atoms with Crippen molar-refractivity contribution >= 4 is 27.6 Å². The maximum absolute atomic E-state index is 5.92. The van der Waals surface area contributed by atoms with Crippen molar-refractivity contribution in [1.82, 2.24) is 15.0 Å². The molecule has 134 valence electrons. The third-order valence-electron chi connectivity index (χ3n) is 5.34. The Morgan fingerprint density at radius 1 is 0.963 bits per heavy atom. The highest BCUT2D eigenvalue weighted by atomic mass is 16.5. The molecule has 2 aromatic carbocycles. The molecule has 5 heteroatoms. The van der Waals surface area contributed by atoms with Crippen molar-refractivity contribution in [1.29, 1.82) is 0 Å². The molecule has 4 aromatic rings. The van der Waals surface area contributed by atoms with Crippen LogP contribution in [0.3, 0.4) is 0 Å². The summed E-state index contributed by atoms with van der Waals surface area (Å²) in [5.74, 6) is 1.89. The zero-order chi connectivity index (χ0) is 17.8. The van der Waals surface area contributed by atoms with Crippen LogP contribution in [0.1, 0.15) is 25.7 Å². The minimum absolute atomic E-state index is 0.422. The number of H-pyrrole nitrogens is 1. The van der Waals surface area contributed by atoms with E-state index in [4.69, 9.17) is 4.74 Å². The number of aromatic amines is 1. The predicted molar refractivity (Wildman–Crippen MR) is 107 cm³/mol. The highest BCUT2D eigenvalue weighted by Gasteiger charge is 2.24. The van der Waals surface area contributed by atoms with Gasteiger partial charge in [0.25, 0.3) is 0 Å². The third kappa shape index (κ3) is 2.79. The average molecular weight is 356 g/mol. The van der Waals surface area contributed by atoms with E-state index < -0.39 is 0 Å². The molecule has 2 heterocycles. The van der Waals surface area contributed by atoms with E-state index >= 15 is 0 Å². The maximum Gasteiger partial charge on any atom is 0.143 e. The van der Waals surface area contributed by atoms with Gasteiger partial charge in [0.05, 0.1) is 11.5 Å². The standard InChI is InChI=1S/C22H20N4O/c1-2-15(9-13-3-6-18(10-14(1)13)27-17-7-8-17)19-11-23-21-20(19)22(25-12-24-21)26-16-4-5-16/h1-3,6,9-12,16-17H,4-5,7-8H2,(H2,23,24,25,26). The number of anilines is 1. The summed E-state index contributed by atoms with van der Waals surface area (Å²) in [6.07, 6.45) is 8.86. The Morgan fingerprint density at radius 2 is 1.81 bits per heavy atom. The van der Waals surface area contributed by atoms with Gasteiger partial charge in [0.15, 0.2) is 0 Å². The summed E-state index contributed by atoms with van der Waals surface area (Å²) in [6, 6.07) is 13.5. The van der Waals surface area contributed by atoms with E-state index in [0.717, 1.165) is 28.2 Å². The molecule has 0 spiro atoms. The summed E-state index contributed by atoms with van der Waals surface area (Å²) in [5.41, 5.74) is 3.17. The molecule has 2 aliphatic carbocycles. The molecule has 5 nitrogen and oxygen atoms in total. The van der Waals surface area contributed by atoms with Crippen LogP contribution in [0.25, 0.3) is 32.9 Å². The first-order valence-electron chi connectivity index (χ1n) is 9.63. The summed E-state index contributed by atoms with van der Waals surface area (Å²) in [6.45, 7) is 0. The van der Waals surface area contributed by atoms with Crippen LogP contribution in [-0.4, -0.2) is 27.1 Å². The van der Waals surface area contributed by atoms with Gasteiger partial charge in [-0.3, -0.25) is 0 Å². The van der Waals surface area contributed by atoms with Gasteiger partial charge in [0.2, 0.25) is 0 Å². The minimum Gasteiger partial charge on any atom is -0.490 e. The molecule has 0 bridgehead atoms. The molecule has 6 rings (SSSR count). The molecule has 2 aliphatic rings. The minimum atomic E-state index is 0.422. The Labute approximate surface area is 156 Å². The van der Waals surface area contributed by atoms with Gasteiger partial charge in [-0.1, -0.05) is 18.2 Å². The molecular weight excluding hydrogens is 336 g/mol. The number of aromatic nitrogens is 3. The van der Waals surface area contributed by atoms with E-state index in [1.165, 1.54) is 42.0 Å². The predicted octanol–water partition coefficient (Wildman–Crippen LogP) is 4.89. The van der Waals surface area contributed by atoms with Crippen LogP contribution in [0.15, 0.2) is 48.9 Å². The van der Waals surface area contributed by atoms with Gasteiger partial charge in [-0.05, 0) is 60.2 Å². The molecule has 0 amide bonds. The van der Waals surface area contributed by atoms with E-state index in [-0.39, 0.29) is 0 Å². The van der Waals surface area contributed by atoms with Crippen molar-refractivity contribution < 1.29 is 4.74 Å². The van der Waals surface area contributed by atoms with E-state index in [9.17, 15) is 0 Å². The van der Waals surface area contributed by atoms with Crippen molar-refractivity contribution in [3.05, 3.63) is 48.9 Å². The second-order valence-electron chi connectivity index (χ2n) is 7.61. The molecule has 27 heavy (non-hydrogen) atoms. The Bertz CT molecular complexity index is 1160. The molecule has 0 saturated heterocycles. The van der Waals surface area contributed by atoms with Crippen LogP contribution in [0, 0.1) is 0 Å². The number of nitrogens with one attached hydrogen (secondary N) is 2. The summed E-state index contributed by atoms with van der Waals surface area (Å²) in [7, 11) is 0. The van der Waals surface area contributed by atoms with E-state index in [1.54, 1.807) is 6.33 Å². The van der Waals surface area contributed by atoms with Crippen LogP contribution in [-0.2, 0) is 0 Å². The third-order valence-corrected chi connectivity index (χ3v) is 5.34. The molecule has 0 radical (unpaired) electrons. The van der Waals surface area contributed by atoms with Gasteiger partial charge in [-0.25, -0.2) is 9.97 Å². The Morgan fingerprint density at radius 3 is 2.67 bits per heavy atom. The lowest BCUT2D eigenvalue weighted by molar-refractivity contribution is 0.303. The Balaban J connectivity index is 1.43. The number of benzene rings is 2. The van der Waals surface area contributed by atoms with Crippen molar-refractivity contribution in [2.75, 3.05) is 5.32 Å². The first-order chi connectivity index (χ1) is 13.3. The lowest BCUT2D eigenvalue weighted by Gasteiger charge is -2.09. The fourth-order valence-corrected chi connectivity index (χ4v) is 3.56. The number of ether oxygens (including phenoxy) is 1. The number of fused-ring (bicyclic) bond motifs is 2. The molecule has 2 saturated carbocycles. The van der Waals surface area contributed by atoms with E-state index in [1.807, 2.05) is 6.20 Å². The Hall–Kier alpha value is -3.08. The fourth-order valence-electron chi connectivity index (χ4n) is 3.56. The van der Waals surface area contributed by atoms with E-state index in [0.29, 0.717) is 12.1 Å². The molecular formula is C22H20N4O. The zero-order valence-electron chi connectivity index (χ0n) is 14.9. The van der Waals surface area contributed by atoms with Crippen LogP contribution < -0.4 is 10.1 Å². The number of nitrogens with zero attached hydrogens (tertiary/aromatic N) is 2. The van der Waals surface area contributed by atoms with Crippen LogP contribution in [0.2, 0.25) is 0 Å². The monoisotopic (exact) mass is 356 g/mol. The molecule has 2 fully saturated rings. The smallest absolute Gasteiger partial charge is 0.143 e. The van der Waals surface area contributed by atoms with Crippen LogP contribution >= 0.6 is 0 Å². The Kier molecular flexibility index (Phi) is 3.18. The summed E-state index contributed by atoms with van der Waals surface area (Å²) in [4.78, 5) is 12.2. The molecule has 0 aliphatic heterocycles. The first kappa shape index (κ1) is 15.0. The molecule has 2 aromatic heterocycles. The summed E-state index contributed by atoms with van der Waals surface area (Å²) >= 11 is 0. The van der Waals surface area contributed by atoms with Gasteiger partial charge in [-0.2, -0.15) is 0 Å². The molecule has 0 unspecified atom stereocenters. The lowest BCUT2D eigenvalue weighted by Crippen LogP contribution is -2.03. The zero-order valence-corrected chi connectivity index (χ0v) is 14.9. The van der Waals surface area contributed by atoms with Crippen molar-refractivity contribution in [2.45, 2.75) is 37.8 Å². The largest absolute Gasteiger partial charge is 0.490 e. The van der Waals surface area contributed by atoms with Gasteiger partial charge in [-0.15, -0.1) is 0 Å². The van der Waals surface area contributed by atoms with Gasteiger partial charge < -0.3 is 15.0 Å². The second kappa shape index (κ2) is 5.71. The van der Waals surface area contributed by atoms with Crippen molar-refractivity contribution in [3.8, 4) is 16.9 Å². The summed E-state index contributed by atoms with van der Waals surface area (Å²) < 4.78 is 5.92. The molecule has 2 N–H and O–H groups in total. The second-order valence-corrected chi connectivity index (χ2v) is 7.61. The highest BCUT2D eigenvalue weighted by molar-refractivity contribution is 6.02.